The number of aromatic nitrogens is 1. The van der Waals surface area contributed by atoms with Gasteiger partial charge in [-0.15, -0.1) is 0 Å². The molecule has 1 spiro atoms. The molecule has 1 aromatic carbocycles. The maximum absolute atomic E-state index is 13.0. The van der Waals surface area contributed by atoms with Gasteiger partial charge in [0, 0.05) is 23.6 Å². The second-order valence-corrected chi connectivity index (χ2v) is 8.43. The molecule has 0 N–H and O–H groups in total. The summed E-state index contributed by atoms with van der Waals surface area (Å²) in [5.74, 6) is 0.273. The largest absolute Gasteiger partial charge is 0.625 e. The minimum absolute atomic E-state index is 0.171. The standard InChI is InChI=1S/C21H21ClN2O2/c1-13(25)24(26)10-8-18-19(12-24)21(18)17-7-6-16(22)11-15(17)5-4-14-3-2-9-23-20(14)21/h2-3,6-7,9,11,18-19H,4-5,8,10,12H2,1H3/t18?,19?,21-,24?/m0/s1. The highest BCUT2D eigenvalue weighted by Crippen LogP contribution is 2.69. The number of carbonyl (C=O) groups excluding carboxylic acids is 1. The lowest BCUT2D eigenvalue weighted by Gasteiger charge is -2.41. The van der Waals surface area contributed by atoms with Crippen molar-refractivity contribution in [3.63, 3.8) is 0 Å². The van der Waals surface area contributed by atoms with Crippen LogP contribution in [0.25, 0.3) is 0 Å². The van der Waals surface area contributed by atoms with Gasteiger partial charge in [0.05, 0.1) is 31.1 Å². The van der Waals surface area contributed by atoms with Crippen molar-refractivity contribution < 1.29 is 9.44 Å². The topological polar surface area (TPSA) is 53.0 Å². The Morgan fingerprint density at radius 3 is 2.88 bits per heavy atom. The van der Waals surface area contributed by atoms with E-state index in [-0.39, 0.29) is 17.2 Å². The number of aryl methyl sites for hydroxylation is 2. The monoisotopic (exact) mass is 368 g/mol. The average Bonchev–Trinajstić information content (AvgIpc) is 3.30. The zero-order valence-electron chi connectivity index (χ0n) is 14.7. The van der Waals surface area contributed by atoms with Crippen LogP contribution in [0.1, 0.15) is 35.7 Å². The number of fused-ring (bicyclic) bond motifs is 7. The predicted molar refractivity (Wildman–Crippen MR) is 99.5 cm³/mol. The molecule has 2 fully saturated rings. The van der Waals surface area contributed by atoms with E-state index >= 15 is 0 Å². The van der Waals surface area contributed by atoms with Crippen molar-refractivity contribution in [2.24, 2.45) is 11.8 Å². The maximum Gasteiger partial charge on any atom is 0.310 e. The summed E-state index contributed by atoms with van der Waals surface area (Å²) in [6.45, 7) is 2.16. The second-order valence-electron chi connectivity index (χ2n) is 8.00. The molecule has 2 heterocycles. The summed E-state index contributed by atoms with van der Waals surface area (Å²) < 4.78 is -0.700. The number of carbonyl (C=O) groups is 1. The van der Waals surface area contributed by atoms with Crippen molar-refractivity contribution in [1.29, 1.82) is 0 Å². The molecule has 4 nitrogen and oxygen atoms in total. The molecule has 5 heteroatoms. The Bertz CT molecular complexity index is 930. The van der Waals surface area contributed by atoms with Crippen molar-refractivity contribution >= 4 is 17.5 Å². The first-order valence-electron chi connectivity index (χ1n) is 9.29. The Morgan fingerprint density at radius 1 is 1.27 bits per heavy atom. The number of halogens is 1. The summed E-state index contributed by atoms with van der Waals surface area (Å²) >= 11 is 6.28. The number of pyridine rings is 1. The minimum atomic E-state index is -0.700. The molecule has 134 valence electrons. The SMILES string of the molecule is CC(=O)[N+]1([O-])CCC2C(C1)[C@]21c2ccc(Cl)cc2CCc2cccnc21. The van der Waals surface area contributed by atoms with Gasteiger partial charge >= 0.3 is 5.91 Å². The molecule has 3 unspecified atom stereocenters. The maximum atomic E-state index is 13.0. The number of hydrogen-bond donors (Lipinski definition) is 0. The number of piperidine rings is 1. The van der Waals surface area contributed by atoms with Gasteiger partial charge in [0.25, 0.3) is 0 Å². The lowest BCUT2D eigenvalue weighted by atomic mass is 9.84. The zero-order valence-corrected chi connectivity index (χ0v) is 15.5. The van der Waals surface area contributed by atoms with Crippen molar-refractivity contribution in [1.82, 2.24) is 4.98 Å². The van der Waals surface area contributed by atoms with Gasteiger partial charge in [-0.2, -0.15) is 0 Å². The third kappa shape index (κ3) is 2.04. The first kappa shape index (κ1) is 16.4. The summed E-state index contributed by atoms with van der Waals surface area (Å²) in [4.78, 5) is 16.8. The first-order chi connectivity index (χ1) is 12.5. The number of quaternary nitrogens is 1. The third-order valence-electron chi connectivity index (χ3n) is 6.87. The Balaban J connectivity index is 1.71. The number of hydrogen-bond acceptors (Lipinski definition) is 3. The molecule has 1 aliphatic heterocycles. The number of benzene rings is 1. The van der Waals surface area contributed by atoms with Crippen LogP contribution in [0.3, 0.4) is 0 Å². The molecule has 2 aromatic rings. The minimum Gasteiger partial charge on any atom is -0.625 e. The van der Waals surface area contributed by atoms with Crippen LogP contribution in [0.2, 0.25) is 5.02 Å². The molecule has 4 atom stereocenters. The summed E-state index contributed by atoms with van der Waals surface area (Å²) in [6.07, 6.45) is 4.49. The van der Waals surface area contributed by atoms with Crippen LogP contribution in [0.15, 0.2) is 36.5 Å². The lowest BCUT2D eigenvalue weighted by Crippen LogP contribution is -2.50. The first-order valence-corrected chi connectivity index (χ1v) is 9.67. The molecule has 0 bridgehead atoms. The number of hydroxylamine groups is 3. The molecule has 3 aliphatic rings. The van der Waals surface area contributed by atoms with Crippen molar-refractivity contribution in [3.8, 4) is 0 Å². The molecule has 1 saturated carbocycles. The smallest absolute Gasteiger partial charge is 0.310 e. The molecule has 1 amide bonds. The highest BCUT2D eigenvalue weighted by molar-refractivity contribution is 6.30. The molecular weight excluding hydrogens is 348 g/mol. The molecule has 2 aliphatic carbocycles. The van der Waals surface area contributed by atoms with E-state index in [4.69, 9.17) is 16.6 Å². The van der Waals surface area contributed by atoms with E-state index in [1.54, 1.807) is 0 Å². The average molecular weight is 369 g/mol. The highest BCUT2D eigenvalue weighted by Gasteiger charge is 2.72. The predicted octanol–water partition coefficient (Wildman–Crippen LogP) is 3.63. The van der Waals surface area contributed by atoms with Crippen LogP contribution < -0.4 is 0 Å². The van der Waals surface area contributed by atoms with Crippen LogP contribution in [0.5, 0.6) is 0 Å². The van der Waals surface area contributed by atoms with Gasteiger partial charge in [-0.3, -0.25) is 9.63 Å². The van der Waals surface area contributed by atoms with Gasteiger partial charge in [0.1, 0.15) is 0 Å². The van der Waals surface area contributed by atoms with E-state index in [0.717, 1.165) is 30.0 Å². The van der Waals surface area contributed by atoms with E-state index in [1.807, 2.05) is 18.3 Å². The quantitative estimate of drug-likeness (QED) is 0.527. The van der Waals surface area contributed by atoms with Gasteiger partial charge in [-0.25, -0.2) is 4.79 Å². The van der Waals surface area contributed by atoms with Gasteiger partial charge in [-0.05, 0) is 53.6 Å². The fraction of sp³-hybridized carbons (Fsp3) is 0.429. The molecule has 5 rings (SSSR count). The van der Waals surface area contributed by atoms with Crippen molar-refractivity contribution in [2.75, 3.05) is 13.1 Å². The summed E-state index contributed by atoms with van der Waals surface area (Å²) in [5, 5.41) is 13.7. The van der Waals surface area contributed by atoms with E-state index in [0.29, 0.717) is 19.0 Å². The number of nitrogens with zero attached hydrogens (tertiary/aromatic N) is 2. The second kappa shape index (κ2) is 5.38. The number of rotatable bonds is 0. The molecule has 1 aromatic heterocycles. The molecule has 0 radical (unpaired) electrons. The van der Waals surface area contributed by atoms with Crippen LogP contribution in [0.4, 0.5) is 0 Å². The fourth-order valence-corrected chi connectivity index (χ4v) is 5.81. The fourth-order valence-electron chi connectivity index (χ4n) is 5.61. The summed E-state index contributed by atoms with van der Waals surface area (Å²) in [5.41, 5.74) is 4.68. The van der Waals surface area contributed by atoms with Crippen LogP contribution >= 0.6 is 11.6 Å². The third-order valence-corrected chi connectivity index (χ3v) is 7.11. The van der Waals surface area contributed by atoms with Crippen LogP contribution in [-0.4, -0.2) is 28.6 Å². The van der Waals surface area contributed by atoms with E-state index in [1.165, 1.54) is 23.6 Å². The normalized spacial score (nSPS) is 34.4. The number of likely N-dealkylation sites (tertiary alicyclic amines) is 1. The molecule has 26 heavy (non-hydrogen) atoms. The van der Waals surface area contributed by atoms with Gasteiger partial charge in [0.15, 0.2) is 0 Å². The van der Waals surface area contributed by atoms with Crippen molar-refractivity contribution in [3.05, 3.63) is 69.1 Å². The van der Waals surface area contributed by atoms with Gasteiger partial charge in [0.2, 0.25) is 0 Å². The lowest BCUT2D eigenvalue weighted by molar-refractivity contribution is -0.810. The van der Waals surface area contributed by atoms with E-state index in [2.05, 4.69) is 18.2 Å². The Labute approximate surface area is 158 Å². The number of amides is 1. The highest BCUT2D eigenvalue weighted by atomic mass is 35.5. The molecular formula is C21H21ClN2O2. The van der Waals surface area contributed by atoms with Gasteiger partial charge < -0.3 is 5.21 Å². The van der Waals surface area contributed by atoms with Crippen LogP contribution in [0, 0.1) is 17.0 Å². The van der Waals surface area contributed by atoms with E-state index in [9.17, 15) is 10.0 Å². The zero-order chi connectivity index (χ0) is 18.1. The van der Waals surface area contributed by atoms with Crippen molar-refractivity contribution in [2.45, 2.75) is 31.6 Å². The summed E-state index contributed by atoms with van der Waals surface area (Å²) in [6, 6.07) is 10.3. The molecule has 1 saturated heterocycles. The Hall–Kier alpha value is -1.75. The van der Waals surface area contributed by atoms with Gasteiger partial charge in [-0.1, -0.05) is 23.7 Å². The Kier molecular flexibility index (Phi) is 3.40. The Morgan fingerprint density at radius 2 is 2.08 bits per heavy atom. The van der Waals surface area contributed by atoms with E-state index < -0.39 is 4.65 Å². The van der Waals surface area contributed by atoms with Crippen LogP contribution in [-0.2, 0) is 23.1 Å². The summed E-state index contributed by atoms with van der Waals surface area (Å²) in [7, 11) is 0.